The molecule has 0 saturated carbocycles. The van der Waals surface area contributed by atoms with Gasteiger partial charge in [-0.15, -0.1) is 0 Å². The SMILES string of the molecule is CNc1ncnc(Sc2cnccn2)c1OC. The van der Waals surface area contributed by atoms with Crippen LogP contribution in [0.4, 0.5) is 5.82 Å². The quantitative estimate of drug-likeness (QED) is 0.822. The third-order valence-corrected chi connectivity index (χ3v) is 2.86. The van der Waals surface area contributed by atoms with Crippen LogP contribution in [0.1, 0.15) is 0 Å². The standard InChI is InChI=1S/C10H11N5OS/c1-11-9-8(16-2)10(15-6-14-9)17-7-5-12-3-4-13-7/h3-6H,1-2H3,(H,11,14,15). The molecule has 2 aromatic rings. The lowest BCUT2D eigenvalue weighted by Gasteiger charge is -2.09. The van der Waals surface area contributed by atoms with E-state index >= 15 is 0 Å². The van der Waals surface area contributed by atoms with E-state index in [1.807, 2.05) is 0 Å². The molecule has 6 nitrogen and oxygen atoms in total. The van der Waals surface area contributed by atoms with Gasteiger partial charge in [0.05, 0.1) is 13.3 Å². The van der Waals surface area contributed by atoms with E-state index < -0.39 is 0 Å². The smallest absolute Gasteiger partial charge is 0.194 e. The van der Waals surface area contributed by atoms with Crippen molar-refractivity contribution < 1.29 is 4.74 Å². The molecule has 0 fully saturated rings. The van der Waals surface area contributed by atoms with Crippen molar-refractivity contribution in [3.63, 3.8) is 0 Å². The van der Waals surface area contributed by atoms with E-state index in [4.69, 9.17) is 4.74 Å². The number of methoxy groups -OCH3 is 1. The summed E-state index contributed by atoms with van der Waals surface area (Å²) in [6, 6.07) is 0. The number of hydrogen-bond donors (Lipinski definition) is 1. The molecular formula is C10H11N5OS. The van der Waals surface area contributed by atoms with Gasteiger partial charge in [-0.3, -0.25) is 4.98 Å². The Morgan fingerprint density at radius 3 is 2.76 bits per heavy atom. The van der Waals surface area contributed by atoms with Crippen LogP contribution in [0.25, 0.3) is 0 Å². The number of anilines is 1. The second-order valence-corrected chi connectivity index (χ2v) is 3.97. The highest BCUT2D eigenvalue weighted by Crippen LogP contribution is 2.35. The predicted octanol–water partition coefficient (Wildman–Crippen LogP) is 1.47. The normalized spacial score (nSPS) is 10.0. The summed E-state index contributed by atoms with van der Waals surface area (Å²) in [6.45, 7) is 0. The Kier molecular flexibility index (Phi) is 3.71. The fourth-order valence-corrected chi connectivity index (χ4v) is 2.03. The summed E-state index contributed by atoms with van der Waals surface area (Å²) in [5.74, 6) is 1.25. The second-order valence-electron chi connectivity index (χ2n) is 2.96. The Morgan fingerprint density at radius 1 is 1.24 bits per heavy atom. The van der Waals surface area contributed by atoms with Crippen LogP contribution in [-0.2, 0) is 0 Å². The molecule has 0 spiro atoms. The highest BCUT2D eigenvalue weighted by Gasteiger charge is 2.12. The molecule has 0 saturated heterocycles. The van der Waals surface area contributed by atoms with Crippen LogP contribution in [0.15, 0.2) is 35.0 Å². The largest absolute Gasteiger partial charge is 0.490 e. The molecule has 0 bridgehead atoms. The van der Waals surface area contributed by atoms with E-state index in [0.29, 0.717) is 16.6 Å². The van der Waals surface area contributed by atoms with Gasteiger partial charge in [-0.25, -0.2) is 15.0 Å². The van der Waals surface area contributed by atoms with Crippen molar-refractivity contribution >= 4 is 17.6 Å². The van der Waals surface area contributed by atoms with E-state index in [1.54, 1.807) is 32.7 Å². The van der Waals surface area contributed by atoms with E-state index in [1.165, 1.54) is 18.1 Å². The summed E-state index contributed by atoms with van der Waals surface area (Å²) in [4.78, 5) is 16.4. The molecule has 2 rings (SSSR count). The average molecular weight is 249 g/mol. The summed E-state index contributed by atoms with van der Waals surface area (Å²) in [5.41, 5.74) is 0. The molecule has 88 valence electrons. The minimum Gasteiger partial charge on any atom is -0.490 e. The maximum atomic E-state index is 5.28. The van der Waals surface area contributed by atoms with E-state index in [-0.39, 0.29) is 0 Å². The van der Waals surface area contributed by atoms with Crippen LogP contribution in [0.2, 0.25) is 0 Å². The summed E-state index contributed by atoms with van der Waals surface area (Å²) >= 11 is 1.38. The van der Waals surface area contributed by atoms with Crippen LogP contribution < -0.4 is 10.1 Å². The number of ether oxygens (including phenoxy) is 1. The van der Waals surface area contributed by atoms with Crippen molar-refractivity contribution in [2.75, 3.05) is 19.5 Å². The van der Waals surface area contributed by atoms with Crippen LogP contribution in [0.3, 0.4) is 0 Å². The minimum atomic E-state index is 0.602. The van der Waals surface area contributed by atoms with Crippen LogP contribution in [-0.4, -0.2) is 34.1 Å². The van der Waals surface area contributed by atoms with Gasteiger partial charge in [0.2, 0.25) is 0 Å². The first-order chi connectivity index (χ1) is 8.35. The van der Waals surface area contributed by atoms with Gasteiger partial charge in [0.1, 0.15) is 11.4 Å². The monoisotopic (exact) mass is 249 g/mol. The zero-order valence-corrected chi connectivity index (χ0v) is 10.2. The van der Waals surface area contributed by atoms with Crippen molar-refractivity contribution in [2.24, 2.45) is 0 Å². The van der Waals surface area contributed by atoms with Gasteiger partial charge in [-0.2, -0.15) is 0 Å². The predicted molar refractivity (Wildman–Crippen MR) is 64.3 cm³/mol. The van der Waals surface area contributed by atoms with Gasteiger partial charge in [0.15, 0.2) is 16.6 Å². The lowest BCUT2D eigenvalue weighted by Crippen LogP contribution is -2.00. The summed E-state index contributed by atoms with van der Waals surface area (Å²) in [7, 11) is 3.36. The number of nitrogens with zero attached hydrogens (tertiary/aromatic N) is 4. The maximum absolute atomic E-state index is 5.28. The highest BCUT2D eigenvalue weighted by atomic mass is 32.2. The lowest BCUT2D eigenvalue weighted by molar-refractivity contribution is 0.400. The van der Waals surface area contributed by atoms with Crippen molar-refractivity contribution in [1.29, 1.82) is 0 Å². The highest BCUT2D eigenvalue weighted by molar-refractivity contribution is 7.99. The van der Waals surface area contributed by atoms with Crippen molar-refractivity contribution in [3.8, 4) is 5.75 Å². The zero-order chi connectivity index (χ0) is 12.1. The summed E-state index contributed by atoms with van der Waals surface area (Å²) in [5, 5.41) is 4.40. The molecule has 0 unspecified atom stereocenters. The van der Waals surface area contributed by atoms with Gasteiger partial charge in [0.25, 0.3) is 0 Å². The molecule has 0 aromatic carbocycles. The minimum absolute atomic E-state index is 0.602. The third kappa shape index (κ3) is 2.62. The fraction of sp³-hybridized carbons (Fsp3) is 0.200. The van der Waals surface area contributed by atoms with E-state index in [0.717, 1.165) is 5.03 Å². The van der Waals surface area contributed by atoms with Crippen LogP contribution in [0.5, 0.6) is 5.75 Å². The third-order valence-electron chi connectivity index (χ3n) is 1.95. The van der Waals surface area contributed by atoms with Gasteiger partial charge >= 0.3 is 0 Å². The first kappa shape index (κ1) is 11.6. The molecular weight excluding hydrogens is 238 g/mol. The fourth-order valence-electron chi connectivity index (χ4n) is 1.23. The lowest BCUT2D eigenvalue weighted by atomic mass is 10.5. The zero-order valence-electron chi connectivity index (χ0n) is 9.41. The Bertz CT molecular complexity index is 493. The molecule has 0 amide bonds. The number of rotatable bonds is 4. The molecule has 0 aliphatic carbocycles. The topological polar surface area (TPSA) is 72.8 Å². The Morgan fingerprint density at radius 2 is 2.12 bits per heavy atom. The molecule has 0 atom stereocenters. The first-order valence-corrected chi connectivity index (χ1v) is 5.67. The van der Waals surface area contributed by atoms with Crippen LogP contribution >= 0.6 is 11.8 Å². The average Bonchev–Trinajstić information content (AvgIpc) is 2.39. The van der Waals surface area contributed by atoms with Gasteiger partial charge in [0, 0.05) is 19.4 Å². The number of nitrogens with one attached hydrogen (secondary N) is 1. The molecule has 2 heterocycles. The number of hydrogen-bond acceptors (Lipinski definition) is 7. The second kappa shape index (κ2) is 5.44. The Hall–Kier alpha value is -1.89. The molecule has 7 heteroatoms. The molecule has 1 N–H and O–H groups in total. The number of aromatic nitrogens is 4. The molecule has 2 aromatic heterocycles. The van der Waals surface area contributed by atoms with Gasteiger partial charge in [-0.05, 0) is 11.8 Å². The van der Waals surface area contributed by atoms with Crippen LogP contribution in [0, 0.1) is 0 Å². The Balaban J connectivity index is 2.33. The first-order valence-electron chi connectivity index (χ1n) is 4.85. The van der Waals surface area contributed by atoms with Gasteiger partial charge in [-0.1, -0.05) is 0 Å². The van der Waals surface area contributed by atoms with E-state index in [9.17, 15) is 0 Å². The van der Waals surface area contributed by atoms with Crippen molar-refractivity contribution in [1.82, 2.24) is 19.9 Å². The summed E-state index contributed by atoms with van der Waals surface area (Å²) < 4.78 is 5.28. The summed E-state index contributed by atoms with van der Waals surface area (Å²) in [6.07, 6.45) is 6.41. The molecule has 0 radical (unpaired) electrons. The van der Waals surface area contributed by atoms with Crippen molar-refractivity contribution in [2.45, 2.75) is 10.1 Å². The maximum Gasteiger partial charge on any atom is 0.194 e. The van der Waals surface area contributed by atoms with E-state index in [2.05, 4.69) is 25.3 Å². The molecule has 0 aliphatic rings. The molecule has 17 heavy (non-hydrogen) atoms. The Labute approximate surface area is 103 Å². The van der Waals surface area contributed by atoms with Crippen molar-refractivity contribution in [3.05, 3.63) is 24.9 Å². The molecule has 0 aliphatic heterocycles. The van der Waals surface area contributed by atoms with Gasteiger partial charge < -0.3 is 10.1 Å².